The van der Waals surface area contributed by atoms with Gasteiger partial charge in [-0.15, -0.1) is 0 Å². The van der Waals surface area contributed by atoms with Crippen molar-refractivity contribution in [3.63, 3.8) is 0 Å². The highest BCUT2D eigenvalue weighted by Gasteiger charge is 2.16. The van der Waals surface area contributed by atoms with Gasteiger partial charge < -0.3 is 10.6 Å². The van der Waals surface area contributed by atoms with Crippen LogP contribution in [0.3, 0.4) is 0 Å². The van der Waals surface area contributed by atoms with Gasteiger partial charge in [0.1, 0.15) is 0 Å². The Bertz CT molecular complexity index is 452. The normalized spacial score (nSPS) is 11.5. The van der Waals surface area contributed by atoms with Crippen LogP contribution in [0.1, 0.15) is 37.8 Å². The maximum Gasteiger partial charge on any atom is 0.222 e. The number of carbonyl (C=O) groups is 1. The minimum atomic E-state index is -0.289. The largest absolute Gasteiger partial charge is 0.341 e. The molecule has 0 aliphatic rings. The first kappa shape index (κ1) is 16.2. The van der Waals surface area contributed by atoms with E-state index in [4.69, 9.17) is 5.73 Å². The number of hydrogen-bond donors (Lipinski definition) is 1. The highest BCUT2D eigenvalue weighted by molar-refractivity contribution is 9.10. The zero-order chi connectivity index (χ0) is 14.6. The first-order chi connectivity index (χ1) is 8.69. The van der Waals surface area contributed by atoms with Gasteiger partial charge in [-0.05, 0) is 50.5 Å². The molecule has 0 saturated carbocycles. The minimum Gasteiger partial charge on any atom is -0.341 e. The van der Waals surface area contributed by atoms with Crippen molar-refractivity contribution in [3.05, 3.63) is 33.8 Å². The second-order valence-electron chi connectivity index (χ2n) is 5.81. The van der Waals surface area contributed by atoms with Crippen LogP contribution in [-0.4, -0.2) is 23.4 Å². The van der Waals surface area contributed by atoms with E-state index in [9.17, 15) is 4.79 Å². The molecule has 1 amide bonds. The zero-order valence-electron chi connectivity index (χ0n) is 12.2. The van der Waals surface area contributed by atoms with Gasteiger partial charge in [-0.2, -0.15) is 0 Å². The van der Waals surface area contributed by atoms with Gasteiger partial charge in [0.15, 0.2) is 0 Å². The second-order valence-corrected chi connectivity index (χ2v) is 6.72. The van der Waals surface area contributed by atoms with Gasteiger partial charge in [0.2, 0.25) is 5.91 Å². The van der Waals surface area contributed by atoms with Gasteiger partial charge in [-0.1, -0.05) is 22.0 Å². The van der Waals surface area contributed by atoms with Gasteiger partial charge in [0.25, 0.3) is 0 Å². The van der Waals surface area contributed by atoms with Crippen molar-refractivity contribution in [2.45, 2.75) is 45.7 Å². The number of halogens is 1. The molecule has 1 aromatic rings. The topological polar surface area (TPSA) is 46.3 Å². The summed E-state index contributed by atoms with van der Waals surface area (Å²) in [5.74, 6) is 0.137. The van der Waals surface area contributed by atoms with Gasteiger partial charge in [0.05, 0.1) is 0 Å². The SMILES string of the molecule is Cc1ccc(Br)cc1CN(C)C(=O)CCC(C)(C)N. The fourth-order valence-corrected chi connectivity index (χ4v) is 2.18. The van der Waals surface area contributed by atoms with Gasteiger partial charge in [-0.3, -0.25) is 4.79 Å². The molecule has 2 N–H and O–H groups in total. The molecule has 0 unspecified atom stereocenters. The Morgan fingerprint density at radius 2 is 2.05 bits per heavy atom. The molecule has 3 nitrogen and oxygen atoms in total. The van der Waals surface area contributed by atoms with E-state index < -0.39 is 0 Å². The van der Waals surface area contributed by atoms with E-state index in [1.807, 2.05) is 27.0 Å². The highest BCUT2D eigenvalue weighted by atomic mass is 79.9. The maximum atomic E-state index is 12.0. The van der Waals surface area contributed by atoms with Gasteiger partial charge in [0, 0.05) is 30.0 Å². The van der Waals surface area contributed by atoms with Crippen molar-refractivity contribution >= 4 is 21.8 Å². The monoisotopic (exact) mass is 326 g/mol. The molecule has 4 heteroatoms. The van der Waals surface area contributed by atoms with Crippen molar-refractivity contribution in [1.29, 1.82) is 0 Å². The van der Waals surface area contributed by atoms with Crippen LogP contribution in [0.2, 0.25) is 0 Å². The molecule has 0 saturated heterocycles. The number of benzene rings is 1. The molecule has 0 heterocycles. The molecule has 0 aromatic heterocycles. The fourth-order valence-electron chi connectivity index (χ4n) is 1.77. The molecule has 0 aliphatic heterocycles. The zero-order valence-corrected chi connectivity index (χ0v) is 13.8. The Morgan fingerprint density at radius 1 is 1.42 bits per heavy atom. The van der Waals surface area contributed by atoms with Gasteiger partial charge in [-0.25, -0.2) is 0 Å². The first-order valence-electron chi connectivity index (χ1n) is 6.47. The lowest BCUT2D eigenvalue weighted by Crippen LogP contribution is -2.35. The highest BCUT2D eigenvalue weighted by Crippen LogP contribution is 2.18. The van der Waals surface area contributed by atoms with Crippen LogP contribution in [0.15, 0.2) is 22.7 Å². The number of amides is 1. The van der Waals surface area contributed by atoms with Crippen molar-refractivity contribution in [2.75, 3.05) is 7.05 Å². The fraction of sp³-hybridized carbons (Fsp3) is 0.533. The van der Waals surface area contributed by atoms with E-state index in [1.54, 1.807) is 4.90 Å². The summed E-state index contributed by atoms with van der Waals surface area (Å²) in [5.41, 5.74) is 7.97. The van der Waals surface area contributed by atoms with E-state index >= 15 is 0 Å². The third kappa shape index (κ3) is 5.74. The number of rotatable bonds is 5. The summed E-state index contributed by atoms with van der Waals surface area (Å²) in [7, 11) is 1.84. The van der Waals surface area contributed by atoms with E-state index in [0.29, 0.717) is 19.4 Å². The third-order valence-corrected chi connectivity index (χ3v) is 3.62. The number of nitrogens with two attached hydrogens (primary N) is 1. The molecule has 0 radical (unpaired) electrons. The second kappa shape index (κ2) is 6.53. The number of carbonyl (C=O) groups excluding carboxylic acids is 1. The molecule has 1 rings (SSSR count). The predicted octanol–water partition coefficient (Wildman–Crippen LogP) is 3.23. The Labute approximate surface area is 124 Å². The molecule has 0 aliphatic carbocycles. The molecule has 1 aromatic carbocycles. The molecule has 0 spiro atoms. The first-order valence-corrected chi connectivity index (χ1v) is 7.26. The molecule has 0 atom stereocenters. The molecule has 106 valence electrons. The van der Waals surface area contributed by atoms with E-state index in [1.165, 1.54) is 5.56 Å². The third-order valence-electron chi connectivity index (χ3n) is 3.13. The van der Waals surface area contributed by atoms with E-state index in [-0.39, 0.29) is 11.4 Å². The average molecular weight is 327 g/mol. The summed E-state index contributed by atoms with van der Waals surface area (Å²) in [4.78, 5) is 13.8. The van der Waals surface area contributed by atoms with Crippen molar-refractivity contribution in [1.82, 2.24) is 4.90 Å². The van der Waals surface area contributed by atoms with E-state index in [0.717, 1.165) is 10.0 Å². The minimum absolute atomic E-state index is 0.137. The summed E-state index contributed by atoms with van der Waals surface area (Å²) in [6.45, 7) is 6.58. The summed E-state index contributed by atoms with van der Waals surface area (Å²) < 4.78 is 1.04. The Hall–Kier alpha value is -0.870. The lowest BCUT2D eigenvalue weighted by Gasteiger charge is -2.22. The van der Waals surface area contributed by atoms with Crippen molar-refractivity contribution in [3.8, 4) is 0 Å². The standard InChI is InChI=1S/C15H23BrN2O/c1-11-5-6-13(16)9-12(11)10-18(4)14(19)7-8-15(2,3)17/h5-6,9H,7-8,10,17H2,1-4H3. The van der Waals surface area contributed by atoms with Crippen LogP contribution < -0.4 is 5.73 Å². The Morgan fingerprint density at radius 3 is 2.63 bits per heavy atom. The number of hydrogen-bond acceptors (Lipinski definition) is 2. The smallest absolute Gasteiger partial charge is 0.222 e. The van der Waals surface area contributed by atoms with Crippen LogP contribution in [0.25, 0.3) is 0 Å². The Balaban J connectivity index is 2.61. The summed E-state index contributed by atoms with van der Waals surface area (Å²) in [6.07, 6.45) is 1.20. The quantitative estimate of drug-likeness (QED) is 0.902. The average Bonchev–Trinajstić information content (AvgIpc) is 2.29. The summed E-state index contributed by atoms with van der Waals surface area (Å²) >= 11 is 3.46. The Kier molecular flexibility index (Phi) is 5.56. The van der Waals surface area contributed by atoms with Crippen LogP contribution in [0.4, 0.5) is 0 Å². The number of nitrogens with zero attached hydrogens (tertiary/aromatic N) is 1. The maximum absolute atomic E-state index is 12.0. The summed E-state index contributed by atoms with van der Waals surface area (Å²) in [6, 6.07) is 6.13. The predicted molar refractivity (Wildman–Crippen MR) is 82.9 cm³/mol. The van der Waals surface area contributed by atoms with Gasteiger partial charge >= 0.3 is 0 Å². The van der Waals surface area contributed by atoms with Crippen LogP contribution in [0.5, 0.6) is 0 Å². The van der Waals surface area contributed by atoms with Crippen LogP contribution >= 0.6 is 15.9 Å². The van der Waals surface area contributed by atoms with E-state index in [2.05, 4.69) is 35.0 Å². The molecule has 0 bridgehead atoms. The lowest BCUT2D eigenvalue weighted by molar-refractivity contribution is -0.130. The number of aryl methyl sites for hydroxylation is 1. The summed E-state index contributed by atoms with van der Waals surface area (Å²) in [5, 5.41) is 0. The lowest BCUT2D eigenvalue weighted by atomic mass is 9.99. The molecular formula is C15H23BrN2O. The van der Waals surface area contributed by atoms with Crippen molar-refractivity contribution in [2.24, 2.45) is 5.73 Å². The van der Waals surface area contributed by atoms with Crippen molar-refractivity contribution < 1.29 is 4.79 Å². The van der Waals surface area contributed by atoms with Crippen LogP contribution in [0, 0.1) is 6.92 Å². The molecule has 19 heavy (non-hydrogen) atoms. The van der Waals surface area contributed by atoms with Crippen LogP contribution in [-0.2, 0) is 11.3 Å². The molecule has 0 fully saturated rings. The molecular weight excluding hydrogens is 304 g/mol.